The van der Waals surface area contributed by atoms with Gasteiger partial charge in [-0.2, -0.15) is 0 Å². The van der Waals surface area contributed by atoms with Gasteiger partial charge in [0, 0.05) is 13.1 Å². The lowest BCUT2D eigenvalue weighted by molar-refractivity contribution is -0.0242. The largest absolute Gasteiger partial charge is 0.378 e. The minimum absolute atomic E-state index is 0.143. The molecule has 0 saturated carbocycles. The molecule has 0 aliphatic carbocycles. The first kappa shape index (κ1) is 10.0. The molecule has 1 unspecified atom stereocenters. The van der Waals surface area contributed by atoms with Crippen molar-refractivity contribution < 1.29 is 5.11 Å². The summed E-state index contributed by atoms with van der Waals surface area (Å²) >= 11 is 0. The van der Waals surface area contributed by atoms with Gasteiger partial charge < -0.3 is 5.11 Å². The van der Waals surface area contributed by atoms with Crippen LogP contribution in [0, 0.1) is 0 Å². The molecule has 12 heavy (non-hydrogen) atoms. The van der Waals surface area contributed by atoms with Crippen LogP contribution in [0.5, 0.6) is 0 Å². The average Bonchev–Trinajstić information content (AvgIpc) is 2.09. The van der Waals surface area contributed by atoms with Gasteiger partial charge in [-0.05, 0) is 25.7 Å². The zero-order valence-electron chi connectivity index (χ0n) is 8.13. The predicted molar refractivity (Wildman–Crippen MR) is 51.0 cm³/mol. The number of rotatable bonds is 4. The molecular formula is C10H21NO. The van der Waals surface area contributed by atoms with Crippen molar-refractivity contribution in [2.24, 2.45) is 0 Å². The molecule has 72 valence electrons. The third-order valence-corrected chi connectivity index (χ3v) is 2.63. The Hall–Kier alpha value is -0.0800. The molecule has 2 heteroatoms. The maximum absolute atomic E-state index is 9.59. The van der Waals surface area contributed by atoms with Crippen LogP contribution in [0.4, 0.5) is 0 Å². The average molecular weight is 171 g/mol. The molecular weight excluding hydrogens is 150 g/mol. The van der Waals surface area contributed by atoms with Gasteiger partial charge in [-0.25, -0.2) is 0 Å². The van der Waals surface area contributed by atoms with Crippen LogP contribution < -0.4 is 0 Å². The van der Waals surface area contributed by atoms with E-state index < -0.39 is 0 Å². The standard InChI is InChI=1S/C10H21NO/c1-2-3-5-8-11-9-6-4-7-10(11)12/h10,12H,2-9H2,1H3. The Labute approximate surface area is 75.6 Å². The van der Waals surface area contributed by atoms with Crippen molar-refractivity contribution in [3.8, 4) is 0 Å². The summed E-state index contributed by atoms with van der Waals surface area (Å²) in [6, 6.07) is 0. The highest BCUT2D eigenvalue weighted by Gasteiger charge is 2.18. The molecule has 0 aromatic heterocycles. The number of nitrogens with zero attached hydrogens (tertiary/aromatic N) is 1. The lowest BCUT2D eigenvalue weighted by Crippen LogP contribution is -2.39. The molecule has 0 bridgehead atoms. The number of aliphatic hydroxyl groups is 1. The summed E-state index contributed by atoms with van der Waals surface area (Å²) in [6.07, 6.45) is 7.11. The molecule has 1 atom stereocenters. The summed E-state index contributed by atoms with van der Waals surface area (Å²) in [6.45, 7) is 4.41. The smallest absolute Gasteiger partial charge is 0.107 e. The Bertz CT molecular complexity index is 116. The van der Waals surface area contributed by atoms with E-state index in [1.807, 2.05) is 0 Å². The lowest BCUT2D eigenvalue weighted by Gasteiger charge is -2.31. The fourth-order valence-corrected chi connectivity index (χ4v) is 1.80. The Morgan fingerprint density at radius 2 is 2.17 bits per heavy atom. The van der Waals surface area contributed by atoms with Crippen molar-refractivity contribution in [1.29, 1.82) is 0 Å². The molecule has 1 saturated heterocycles. The lowest BCUT2D eigenvalue weighted by atomic mass is 10.1. The van der Waals surface area contributed by atoms with E-state index in [0.29, 0.717) is 0 Å². The van der Waals surface area contributed by atoms with Crippen LogP contribution in [0.1, 0.15) is 45.4 Å². The molecule has 1 N–H and O–H groups in total. The Morgan fingerprint density at radius 3 is 2.83 bits per heavy atom. The van der Waals surface area contributed by atoms with Gasteiger partial charge in [0.2, 0.25) is 0 Å². The van der Waals surface area contributed by atoms with E-state index in [4.69, 9.17) is 0 Å². The van der Waals surface area contributed by atoms with Gasteiger partial charge in [-0.15, -0.1) is 0 Å². The van der Waals surface area contributed by atoms with Gasteiger partial charge in [-0.3, -0.25) is 4.90 Å². The highest BCUT2D eigenvalue weighted by molar-refractivity contribution is 4.68. The van der Waals surface area contributed by atoms with E-state index in [0.717, 1.165) is 19.5 Å². The monoisotopic (exact) mass is 171 g/mol. The molecule has 1 heterocycles. The topological polar surface area (TPSA) is 23.5 Å². The minimum Gasteiger partial charge on any atom is -0.378 e. The molecule has 2 nitrogen and oxygen atoms in total. The van der Waals surface area contributed by atoms with Crippen molar-refractivity contribution in [2.45, 2.75) is 51.7 Å². The number of likely N-dealkylation sites (tertiary alicyclic amines) is 1. The van der Waals surface area contributed by atoms with Crippen molar-refractivity contribution in [3.63, 3.8) is 0 Å². The molecule has 0 aromatic carbocycles. The number of piperidine rings is 1. The zero-order valence-corrected chi connectivity index (χ0v) is 8.13. The van der Waals surface area contributed by atoms with E-state index in [2.05, 4.69) is 11.8 Å². The van der Waals surface area contributed by atoms with Crippen LogP contribution in [-0.2, 0) is 0 Å². The van der Waals surface area contributed by atoms with E-state index in [9.17, 15) is 5.11 Å². The second-order valence-electron chi connectivity index (χ2n) is 3.72. The number of unbranched alkanes of at least 4 members (excludes halogenated alkanes) is 2. The van der Waals surface area contributed by atoms with Crippen LogP contribution in [-0.4, -0.2) is 29.3 Å². The molecule has 0 radical (unpaired) electrons. The van der Waals surface area contributed by atoms with Crippen molar-refractivity contribution >= 4 is 0 Å². The predicted octanol–water partition coefficient (Wildman–Crippen LogP) is 1.98. The van der Waals surface area contributed by atoms with Gasteiger partial charge in [0.25, 0.3) is 0 Å². The van der Waals surface area contributed by atoms with Crippen molar-refractivity contribution in [2.75, 3.05) is 13.1 Å². The maximum atomic E-state index is 9.59. The zero-order chi connectivity index (χ0) is 8.81. The minimum atomic E-state index is -0.143. The summed E-state index contributed by atoms with van der Waals surface area (Å²) in [5.41, 5.74) is 0. The van der Waals surface area contributed by atoms with Crippen LogP contribution in [0.25, 0.3) is 0 Å². The first-order valence-corrected chi connectivity index (χ1v) is 5.26. The highest BCUT2D eigenvalue weighted by Crippen LogP contribution is 2.15. The van der Waals surface area contributed by atoms with Gasteiger partial charge >= 0.3 is 0 Å². The van der Waals surface area contributed by atoms with E-state index in [1.54, 1.807) is 0 Å². The first-order chi connectivity index (χ1) is 5.84. The molecule has 0 spiro atoms. The molecule has 1 fully saturated rings. The second-order valence-corrected chi connectivity index (χ2v) is 3.72. The van der Waals surface area contributed by atoms with E-state index in [-0.39, 0.29) is 6.23 Å². The van der Waals surface area contributed by atoms with Gasteiger partial charge in [0.1, 0.15) is 6.23 Å². The summed E-state index contributed by atoms with van der Waals surface area (Å²) in [4.78, 5) is 2.22. The normalized spacial score (nSPS) is 26.0. The molecule has 1 rings (SSSR count). The third-order valence-electron chi connectivity index (χ3n) is 2.63. The summed E-state index contributed by atoms with van der Waals surface area (Å²) in [5.74, 6) is 0. The Kier molecular flexibility index (Phi) is 4.62. The quantitative estimate of drug-likeness (QED) is 0.654. The summed E-state index contributed by atoms with van der Waals surface area (Å²) in [5, 5.41) is 9.59. The highest BCUT2D eigenvalue weighted by atomic mass is 16.3. The maximum Gasteiger partial charge on any atom is 0.107 e. The number of hydrogen-bond acceptors (Lipinski definition) is 2. The number of hydrogen-bond donors (Lipinski definition) is 1. The van der Waals surface area contributed by atoms with Crippen molar-refractivity contribution in [3.05, 3.63) is 0 Å². The van der Waals surface area contributed by atoms with E-state index in [1.165, 1.54) is 32.1 Å². The summed E-state index contributed by atoms with van der Waals surface area (Å²) in [7, 11) is 0. The summed E-state index contributed by atoms with van der Waals surface area (Å²) < 4.78 is 0. The van der Waals surface area contributed by atoms with Crippen LogP contribution in [0.15, 0.2) is 0 Å². The fourth-order valence-electron chi connectivity index (χ4n) is 1.80. The molecule has 0 aromatic rings. The van der Waals surface area contributed by atoms with Gasteiger partial charge in [0.05, 0.1) is 0 Å². The SMILES string of the molecule is CCCCCN1CCCCC1O. The van der Waals surface area contributed by atoms with Crippen LogP contribution >= 0.6 is 0 Å². The molecule has 1 aliphatic rings. The van der Waals surface area contributed by atoms with Crippen LogP contribution in [0.2, 0.25) is 0 Å². The van der Waals surface area contributed by atoms with Crippen LogP contribution in [0.3, 0.4) is 0 Å². The number of aliphatic hydroxyl groups excluding tert-OH is 1. The van der Waals surface area contributed by atoms with Gasteiger partial charge in [-0.1, -0.05) is 19.8 Å². The first-order valence-electron chi connectivity index (χ1n) is 5.26. The second kappa shape index (κ2) is 5.55. The molecule has 1 aliphatic heterocycles. The van der Waals surface area contributed by atoms with Crippen molar-refractivity contribution in [1.82, 2.24) is 4.90 Å². The fraction of sp³-hybridized carbons (Fsp3) is 1.00. The van der Waals surface area contributed by atoms with Gasteiger partial charge in [0.15, 0.2) is 0 Å². The third kappa shape index (κ3) is 3.11. The Morgan fingerprint density at radius 1 is 1.33 bits per heavy atom. The van der Waals surface area contributed by atoms with E-state index >= 15 is 0 Å². The Balaban J connectivity index is 2.11. The molecule has 0 amide bonds.